The molecule has 0 N–H and O–H groups in total. The fourth-order valence-corrected chi connectivity index (χ4v) is 7.74. The molecule has 9 aromatic rings. The molecule has 4 nitrogen and oxygen atoms in total. The monoisotopic (exact) mass is 704 g/mol. The molecule has 0 atom stereocenters. The Balaban J connectivity index is 1.22. The molecule has 1 aliphatic rings. The first kappa shape index (κ1) is 32.5. The SMILES string of the molecule is C1=CC(c2cc(-c3ccccc3)cc3c4ccccc4n(-c4nc(-c5ccc(-c6ccccc6)cc5)nc(-c5ccc(-c6ccccc6)cc5)n4)c23)=CCC1. The lowest BCUT2D eigenvalue weighted by Gasteiger charge is -2.16. The van der Waals surface area contributed by atoms with Gasteiger partial charge in [-0.05, 0) is 70.0 Å². The Morgan fingerprint density at radius 2 is 0.891 bits per heavy atom. The Kier molecular flexibility index (Phi) is 8.27. The first-order valence-corrected chi connectivity index (χ1v) is 18.8. The van der Waals surface area contributed by atoms with E-state index >= 15 is 0 Å². The van der Waals surface area contributed by atoms with Crippen molar-refractivity contribution in [2.45, 2.75) is 12.8 Å². The molecular weight excluding hydrogens is 669 g/mol. The maximum Gasteiger partial charge on any atom is 0.238 e. The second-order valence-electron chi connectivity index (χ2n) is 13.9. The van der Waals surface area contributed by atoms with Gasteiger partial charge < -0.3 is 0 Å². The molecule has 7 aromatic carbocycles. The van der Waals surface area contributed by atoms with Crippen LogP contribution in [-0.2, 0) is 0 Å². The van der Waals surface area contributed by atoms with Gasteiger partial charge in [-0.2, -0.15) is 9.97 Å². The van der Waals surface area contributed by atoms with Crippen molar-refractivity contribution >= 4 is 27.4 Å². The number of nitrogens with zero attached hydrogens (tertiary/aromatic N) is 4. The quantitative estimate of drug-likeness (QED) is 0.166. The predicted octanol–water partition coefficient (Wildman–Crippen LogP) is 13.0. The number of rotatable bonds is 7. The van der Waals surface area contributed by atoms with Crippen LogP contribution in [0.15, 0.2) is 194 Å². The zero-order valence-electron chi connectivity index (χ0n) is 30.2. The molecule has 0 radical (unpaired) electrons. The van der Waals surface area contributed by atoms with Crippen LogP contribution in [0, 0.1) is 0 Å². The summed E-state index contributed by atoms with van der Waals surface area (Å²) in [7, 11) is 0. The Morgan fingerprint density at radius 3 is 1.44 bits per heavy atom. The van der Waals surface area contributed by atoms with Crippen LogP contribution in [0.2, 0.25) is 0 Å². The van der Waals surface area contributed by atoms with Gasteiger partial charge in [0.05, 0.1) is 11.0 Å². The molecule has 55 heavy (non-hydrogen) atoms. The number of hydrogen-bond acceptors (Lipinski definition) is 3. The fraction of sp³-hybridized carbons (Fsp3) is 0.0392. The van der Waals surface area contributed by atoms with E-state index in [0.717, 1.165) is 62.5 Å². The third-order valence-electron chi connectivity index (χ3n) is 10.5. The van der Waals surface area contributed by atoms with Crippen molar-refractivity contribution in [3.05, 3.63) is 200 Å². The van der Waals surface area contributed by atoms with E-state index in [0.29, 0.717) is 17.6 Å². The normalized spacial score (nSPS) is 12.6. The van der Waals surface area contributed by atoms with Crippen LogP contribution in [0.1, 0.15) is 18.4 Å². The fourth-order valence-electron chi connectivity index (χ4n) is 7.74. The molecule has 0 amide bonds. The largest absolute Gasteiger partial charge is 0.277 e. The topological polar surface area (TPSA) is 43.6 Å². The molecular formula is C51H36N4. The first-order chi connectivity index (χ1) is 27.3. The van der Waals surface area contributed by atoms with Gasteiger partial charge in [-0.25, -0.2) is 4.98 Å². The van der Waals surface area contributed by atoms with Crippen LogP contribution in [0.4, 0.5) is 0 Å². The second-order valence-corrected chi connectivity index (χ2v) is 13.9. The van der Waals surface area contributed by atoms with Crippen LogP contribution >= 0.6 is 0 Å². The van der Waals surface area contributed by atoms with Gasteiger partial charge in [0.1, 0.15) is 0 Å². The van der Waals surface area contributed by atoms with E-state index in [4.69, 9.17) is 15.0 Å². The molecule has 4 heteroatoms. The lowest BCUT2D eigenvalue weighted by Crippen LogP contribution is -2.07. The van der Waals surface area contributed by atoms with Crippen LogP contribution in [0.25, 0.3) is 89.5 Å². The van der Waals surface area contributed by atoms with E-state index in [1.165, 1.54) is 27.8 Å². The van der Waals surface area contributed by atoms with Crippen molar-refractivity contribution in [3.63, 3.8) is 0 Å². The highest BCUT2D eigenvalue weighted by molar-refractivity contribution is 6.14. The molecule has 2 heterocycles. The van der Waals surface area contributed by atoms with Gasteiger partial charge in [0, 0.05) is 27.5 Å². The van der Waals surface area contributed by atoms with Crippen LogP contribution in [-0.4, -0.2) is 19.5 Å². The number of fused-ring (bicyclic) bond motifs is 3. The van der Waals surface area contributed by atoms with Crippen molar-refractivity contribution in [1.82, 2.24) is 19.5 Å². The third kappa shape index (κ3) is 6.14. The van der Waals surface area contributed by atoms with Crippen LogP contribution < -0.4 is 0 Å². The summed E-state index contributed by atoms with van der Waals surface area (Å²) in [6.07, 6.45) is 8.95. The summed E-state index contributed by atoms with van der Waals surface area (Å²) in [6.45, 7) is 0. The van der Waals surface area contributed by atoms with Crippen molar-refractivity contribution in [2.24, 2.45) is 0 Å². The zero-order chi connectivity index (χ0) is 36.6. The average molecular weight is 705 g/mol. The minimum Gasteiger partial charge on any atom is -0.277 e. The number of allylic oxidation sites excluding steroid dienone is 4. The highest BCUT2D eigenvalue weighted by Gasteiger charge is 2.22. The maximum absolute atomic E-state index is 5.31. The summed E-state index contributed by atoms with van der Waals surface area (Å²) < 4.78 is 2.25. The first-order valence-electron chi connectivity index (χ1n) is 18.8. The number of aromatic nitrogens is 4. The van der Waals surface area contributed by atoms with E-state index in [2.05, 4.69) is 187 Å². The zero-order valence-corrected chi connectivity index (χ0v) is 30.2. The minimum atomic E-state index is 0.583. The maximum atomic E-state index is 5.31. The summed E-state index contributed by atoms with van der Waals surface area (Å²) in [6, 6.07) is 61.9. The predicted molar refractivity (Wildman–Crippen MR) is 228 cm³/mol. The van der Waals surface area contributed by atoms with Gasteiger partial charge in [-0.3, -0.25) is 4.57 Å². The van der Waals surface area contributed by atoms with Gasteiger partial charge in [0.25, 0.3) is 0 Å². The van der Waals surface area contributed by atoms with E-state index in [1.54, 1.807) is 0 Å². The average Bonchev–Trinajstić information content (AvgIpc) is 3.62. The van der Waals surface area contributed by atoms with Gasteiger partial charge >= 0.3 is 0 Å². The molecule has 2 aromatic heterocycles. The van der Waals surface area contributed by atoms with Crippen molar-refractivity contribution in [1.29, 1.82) is 0 Å². The molecule has 10 rings (SSSR count). The minimum absolute atomic E-state index is 0.583. The van der Waals surface area contributed by atoms with Gasteiger partial charge in [-0.1, -0.05) is 176 Å². The summed E-state index contributed by atoms with van der Waals surface area (Å²) >= 11 is 0. The molecule has 0 aliphatic heterocycles. The van der Waals surface area contributed by atoms with Crippen molar-refractivity contribution in [2.75, 3.05) is 0 Å². The molecule has 0 bridgehead atoms. The number of benzene rings is 7. The van der Waals surface area contributed by atoms with Gasteiger partial charge in [0.2, 0.25) is 5.95 Å². The highest BCUT2D eigenvalue weighted by Crippen LogP contribution is 2.40. The molecule has 0 spiro atoms. The van der Waals surface area contributed by atoms with Crippen LogP contribution in [0.3, 0.4) is 0 Å². The molecule has 0 unspecified atom stereocenters. The van der Waals surface area contributed by atoms with E-state index in [-0.39, 0.29) is 0 Å². The van der Waals surface area contributed by atoms with Crippen molar-refractivity contribution < 1.29 is 0 Å². The second kappa shape index (κ2) is 14.0. The summed E-state index contributed by atoms with van der Waals surface area (Å²) in [5.41, 5.74) is 13.3. The standard InChI is InChI=1S/C51H36N4/c1-5-15-35(16-6-1)38-25-29-41(30-26-38)49-52-50(42-31-27-39(28-32-42)36-17-7-2-8-18-36)54-51(53-49)55-47-24-14-13-23-44(47)46-34-43(37-19-9-3-10-20-37)33-45(48(46)55)40-21-11-4-12-22-40/h1-3,5-11,13-34H,4,12H2. The summed E-state index contributed by atoms with van der Waals surface area (Å²) in [5.74, 6) is 1.83. The van der Waals surface area contributed by atoms with E-state index < -0.39 is 0 Å². The van der Waals surface area contributed by atoms with Gasteiger partial charge in [-0.15, -0.1) is 0 Å². The summed E-state index contributed by atoms with van der Waals surface area (Å²) in [4.78, 5) is 15.8. The molecule has 0 fully saturated rings. The van der Waals surface area contributed by atoms with E-state index in [9.17, 15) is 0 Å². The molecule has 260 valence electrons. The molecule has 1 aliphatic carbocycles. The van der Waals surface area contributed by atoms with Gasteiger partial charge in [0.15, 0.2) is 11.6 Å². The van der Waals surface area contributed by atoms with Crippen molar-refractivity contribution in [3.8, 4) is 62.1 Å². The molecule has 0 saturated carbocycles. The lowest BCUT2D eigenvalue weighted by molar-refractivity contribution is 0.952. The number of hydrogen-bond donors (Lipinski definition) is 0. The highest BCUT2D eigenvalue weighted by atomic mass is 15.2. The molecule has 0 saturated heterocycles. The third-order valence-corrected chi connectivity index (χ3v) is 10.5. The lowest BCUT2D eigenvalue weighted by atomic mass is 9.93. The summed E-state index contributed by atoms with van der Waals surface area (Å²) in [5, 5.41) is 2.31. The smallest absolute Gasteiger partial charge is 0.238 e. The van der Waals surface area contributed by atoms with Crippen LogP contribution in [0.5, 0.6) is 0 Å². The number of para-hydroxylation sites is 1. The Bertz CT molecular complexity index is 2770. The Morgan fingerprint density at radius 1 is 0.400 bits per heavy atom. The van der Waals surface area contributed by atoms with E-state index in [1.807, 2.05) is 12.1 Å². The Labute approximate surface area is 320 Å². The Hall–Kier alpha value is -7.17.